The van der Waals surface area contributed by atoms with Gasteiger partial charge < -0.3 is 10.6 Å². The van der Waals surface area contributed by atoms with Gasteiger partial charge in [-0.1, -0.05) is 11.1 Å². The molecule has 0 rings (SSSR count). The Bertz CT molecular complexity index is 134. The highest BCUT2D eigenvalue weighted by Crippen LogP contribution is 1.76. The zero-order valence-corrected chi connectivity index (χ0v) is 5.42. The Hall–Kier alpha value is -1.01. The van der Waals surface area contributed by atoms with Crippen LogP contribution in [0.25, 0.3) is 0 Å². The van der Waals surface area contributed by atoms with Gasteiger partial charge in [-0.2, -0.15) is 0 Å². The van der Waals surface area contributed by atoms with Gasteiger partial charge in [0.05, 0.1) is 5.71 Å². The fourth-order valence-corrected chi connectivity index (χ4v) is 0.217. The first-order chi connectivity index (χ1) is 4.31. The van der Waals surface area contributed by atoms with Gasteiger partial charge in [0.2, 0.25) is 0 Å². The average molecular weight is 126 g/mol. The Balaban J connectivity index is 3.35. The van der Waals surface area contributed by atoms with Crippen molar-refractivity contribution < 1.29 is 4.84 Å². The molecule has 0 aromatic carbocycles. The first-order valence-electron chi connectivity index (χ1n) is 2.60. The summed E-state index contributed by atoms with van der Waals surface area (Å²) in [6.45, 7) is 2.39. The topological polar surface area (TPSA) is 47.6 Å². The standard InChI is InChI=1S/C6H10N2O/c1-3-4-9-8-6(2)5-7/h1H,4-5,7H2,2H3/b8-6+. The van der Waals surface area contributed by atoms with Gasteiger partial charge in [0, 0.05) is 6.54 Å². The summed E-state index contributed by atoms with van der Waals surface area (Å²) in [5, 5.41) is 3.58. The zero-order valence-electron chi connectivity index (χ0n) is 5.42. The minimum absolute atomic E-state index is 0.206. The quantitative estimate of drug-likeness (QED) is 0.250. The molecule has 50 valence electrons. The van der Waals surface area contributed by atoms with Crippen molar-refractivity contribution in [3.63, 3.8) is 0 Å². The summed E-state index contributed by atoms with van der Waals surface area (Å²) >= 11 is 0. The lowest BCUT2D eigenvalue weighted by Gasteiger charge is -1.92. The molecule has 0 aliphatic rings. The Kier molecular flexibility index (Phi) is 4.56. The fraction of sp³-hybridized carbons (Fsp3) is 0.500. The number of terminal acetylenes is 1. The van der Waals surface area contributed by atoms with E-state index in [0.717, 1.165) is 5.71 Å². The van der Waals surface area contributed by atoms with Gasteiger partial charge in [0.15, 0.2) is 6.61 Å². The van der Waals surface area contributed by atoms with Crippen LogP contribution in [0.4, 0.5) is 0 Å². The summed E-state index contributed by atoms with van der Waals surface area (Å²) in [5.74, 6) is 2.28. The van der Waals surface area contributed by atoms with E-state index < -0.39 is 0 Å². The summed E-state index contributed by atoms with van der Waals surface area (Å²) in [7, 11) is 0. The van der Waals surface area contributed by atoms with E-state index in [-0.39, 0.29) is 6.61 Å². The molecule has 0 atom stereocenters. The van der Waals surface area contributed by atoms with Gasteiger partial charge in [-0.05, 0) is 6.92 Å². The molecular formula is C6H10N2O. The summed E-state index contributed by atoms with van der Waals surface area (Å²) in [5.41, 5.74) is 5.93. The maximum Gasteiger partial charge on any atom is 0.177 e. The van der Waals surface area contributed by atoms with Gasteiger partial charge in [-0.25, -0.2) is 0 Å². The minimum Gasteiger partial charge on any atom is -0.383 e. The summed E-state index contributed by atoms with van der Waals surface area (Å²) in [4.78, 5) is 4.61. The molecule has 0 aromatic heterocycles. The molecule has 0 heterocycles. The van der Waals surface area contributed by atoms with Crippen molar-refractivity contribution in [1.29, 1.82) is 0 Å². The highest BCUT2D eigenvalue weighted by molar-refractivity contribution is 5.83. The van der Waals surface area contributed by atoms with Crippen molar-refractivity contribution in [3.8, 4) is 12.3 Å². The lowest BCUT2D eigenvalue weighted by atomic mass is 10.4. The summed E-state index contributed by atoms with van der Waals surface area (Å²) in [6.07, 6.45) is 4.88. The van der Waals surface area contributed by atoms with Crippen molar-refractivity contribution in [2.45, 2.75) is 6.92 Å². The van der Waals surface area contributed by atoms with Crippen molar-refractivity contribution in [1.82, 2.24) is 0 Å². The SMILES string of the molecule is C#CCO/N=C(\C)CN. The van der Waals surface area contributed by atoms with Crippen LogP contribution in [0.1, 0.15) is 6.92 Å². The van der Waals surface area contributed by atoms with E-state index in [9.17, 15) is 0 Å². The van der Waals surface area contributed by atoms with Gasteiger partial charge in [-0.15, -0.1) is 6.42 Å². The average Bonchev–Trinajstić information content (AvgIpc) is 1.89. The molecule has 0 radical (unpaired) electrons. The van der Waals surface area contributed by atoms with E-state index in [0.29, 0.717) is 6.54 Å². The van der Waals surface area contributed by atoms with Crippen molar-refractivity contribution in [3.05, 3.63) is 0 Å². The molecule has 0 aliphatic heterocycles. The van der Waals surface area contributed by atoms with Crippen molar-refractivity contribution >= 4 is 5.71 Å². The van der Waals surface area contributed by atoms with Crippen LogP contribution < -0.4 is 5.73 Å². The van der Waals surface area contributed by atoms with Crippen LogP contribution in [0.15, 0.2) is 5.16 Å². The van der Waals surface area contributed by atoms with Crippen LogP contribution in [0.3, 0.4) is 0 Å². The second-order valence-corrected chi connectivity index (χ2v) is 1.51. The van der Waals surface area contributed by atoms with E-state index >= 15 is 0 Å². The second kappa shape index (κ2) is 5.13. The number of oxime groups is 1. The minimum atomic E-state index is 0.206. The number of nitrogens with two attached hydrogens (primary N) is 1. The third-order valence-electron chi connectivity index (χ3n) is 0.664. The monoisotopic (exact) mass is 126 g/mol. The molecule has 0 saturated heterocycles. The molecule has 0 aliphatic carbocycles. The van der Waals surface area contributed by atoms with E-state index in [1.807, 2.05) is 0 Å². The third kappa shape index (κ3) is 4.85. The Morgan fingerprint density at radius 1 is 1.89 bits per heavy atom. The highest BCUT2D eigenvalue weighted by atomic mass is 16.6. The van der Waals surface area contributed by atoms with Gasteiger partial charge in [0.25, 0.3) is 0 Å². The molecule has 3 heteroatoms. The lowest BCUT2D eigenvalue weighted by Crippen LogP contribution is -2.09. The smallest absolute Gasteiger partial charge is 0.177 e. The first kappa shape index (κ1) is 7.99. The Morgan fingerprint density at radius 2 is 2.56 bits per heavy atom. The molecular weight excluding hydrogens is 116 g/mol. The fourth-order valence-electron chi connectivity index (χ4n) is 0.217. The van der Waals surface area contributed by atoms with Crippen LogP contribution in [-0.4, -0.2) is 18.9 Å². The highest BCUT2D eigenvalue weighted by Gasteiger charge is 1.82. The predicted molar refractivity (Wildman–Crippen MR) is 36.9 cm³/mol. The van der Waals surface area contributed by atoms with Crippen LogP contribution in [0.2, 0.25) is 0 Å². The van der Waals surface area contributed by atoms with E-state index in [2.05, 4.69) is 15.9 Å². The maximum atomic E-state index is 5.19. The lowest BCUT2D eigenvalue weighted by molar-refractivity contribution is 0.179. The maximum absolute atomic E-state index is 5.19. The zero-order chi connectivity index (χ0) is 7.11. The third-order valence-corrected chi connectivity index (χ3v) is 0.664. The number of nitrogens with zero attached hydrogens (tertiary/aromatic N) is 1. The molecule has 9 heavy (non-hydrogen) atoms. The molecule has 0 spiro atoms. The molecule has 3 nitrogen and oxygen atoms in total. The number of hydrogen-bond donors (Lipinski definition) is 1. The Labute approximate surface area is 54.9 Å². The van der Waals surface area contributed by atoms with Crippen LogP contribution in [0, 0.1) is 12.3 Å². The second-order valence-electron chi connectivity index (χ2n) is 1.51. The van der Waals surface area contributed by atoms with Crippen LogP contribution in [0.5, 0.6) is 0 Å². The summed E-state index contributed by atoms with van der Waals surface area (Å²) < 4.78 is 0. The molecule has 0 bridgehead atoms. The predicted octanol–water partition coefficient (Wildman–Crippen LogP) is -0.0292. The molecule has 0 aromatic rings. The normalized spacial score (nSPS) is 10.6. The summed E-state index contributed by atoms with van der Waals surface area (Å²) in [6, 6.07) is 0. The van der Waals surface area contributed by atoms with Crippen LogP contribution >= 0.6 is 0 Å². The van der Waals surface area contributed by atoms with Crippen LogP contribution in [-0.2, 0) is 4.84 Å². The van der Waals surface area contributed by atoms with Gasteiger partial charge in [-0.3, -0.25) is 0 Å². The Morgan fingerprint density at radius 3 is 3.00 bits per heavy atom. The van der Waals surface area contributed by atoms with Gasteiger partial charge >= 0.3 is 0 Å². The molecule has 2 N–H and O–H groups in total. The van der Waals surface area contributed by atoms with E-state index in [1.54, 1.807) is 6.92 Å². The van der Waals surface area contributed by atoms with Gasteiger partial charge in [0.1, 0.15) is 0 Å². The molecule has 0 fully saturated rings. The van der Waals surface area contributed by atoms with E-state index in [1.165, 1.54) is 0 Å². The number of hydrogen-bond acceptors (Lipinski definition) is 3. The largest absolute Gasteiger partial charge is 0.383 e. The number of rotatable bonds is 3. The molecule has 0 amide bonds. The first-order valence-corrected chi connectivity index (χ1v) is 2.60. The molecule has 0 unspecified atom stereocenters. The van der Waals surface area contributed by atoms with E-state index in [4.69, 9.17) is 12.2 Å². The molecule has 0 saturated carbocycles. The van der Waals surface area contributed by atoms with Crippen molar-refractivity contribution in [2.24, 2.45) is 10.9 Å². The van der Waals surface area contributed by atoms with Crippen molar-refractivity contribution in [2.75, 3.05) is 13.2 Å².